The zero-order valence-corrected chi connectivity index (χ0v) is 33.5. The van der Waals surface area contributed by atoms with Crippen LogP contribution >= 0.6 is 0 Å². The second kappa shape index (κ2) is 12.6. The summed E-state index contributed by atoms with van der Waals surface area (Å²) in [5.41, 5.74) is 17.8. The molecule has 14 rings (SSSR count). The van der Waals surface area contributed by atoms with Crippen LogP contribution in [0.25, 0.3) is 132 Å². The second-order valence-electron chi connectivity index (χ2n) is 16.7. The minimum atomic E-state index is 1.000. The minimum absolute atomic E-state index is 1.000. The number of aromatic nitrogens is 3. The first kappa shape index (κ1) is 33.5. The fourth-order valence-corrected chi connectivity index (χ4v) is 10.6. The largest absolute Gasteiger partial charge is 0.309 e. The van der Waals surface area contributed by atoms with E-state index in [0.717, 1.165) is 22.5 Å². The van der Waals surface area contributed by atoms with Crippen LogP contribution in [0.15, 0.2) is 212 Å². The quantitative estimate of drug-likeness (QED) is 0.174. The molecule has 3 nitrogen and oxygen atoms in total. The van der Waals surface area contributed by atoms with Gasteiger partial charge in [0.05, 0.1) is 33.3 Å². The maximum atomic E-state index is 5.20. The Hall–Kier alpha value is -8.27. The monoisotopic (exact) mass is 785 g/mol. The molecule has 0 saturated carbocycles. The number of rotatable bonds is 4. The van der Waals surface area contributed by atoms with Gasteiger partial charge >= 0.3 is 0 Å². The number of hydrogen-bond donors (Lipinski definition) is 0. The van der Waals surface area contributed by atoms with Gasteiger partial charge in [-0.2, -0.15) is 0 Å². The fourth-order valence-electron chi connectivity index (χ4n) is 10.6. The molecule has 0 radical (unpaired) electrons. The van der Waals surface area contributed by atoms with E-state index in [9.17, 15) is 0 Å². The molecule has 0 unspecified atom stereocenters. The molecule has 3 heterocycles. The Labute approximate surface area is 357 Å². The van der Waals surface area contributed by atoms with Crippen molar-refractivity contribution in [3.63, 3.8) is 0 Å². The summed E-state index contributed by atoms with van der Waals surface area (Å²) >= 11 is 0. The molecule has 13 aromatic rings. The van der Waals surface area contributed by atoms with Gasteiger partial charge in [-0.3, -0.25) is 0 Å². The van der Waals surface area contributed by atoms with E-state index in [4.69, 9.17) is 4.98 Å². The lowest BCUT2D eigenvalue weighted by Crippen LogP contribution is -1.94. The van der Waals surface area contributed by atoms with Crippen LogP contribution in [0.1, 0.15) is 0 Å². The van der Waals surface area contributed by atoms with Crippen molar-refractivity contribution in [2.24, 2.45) is 0 Å². The van der Waals surface area contributed by atoms with E-state index in [2.05, 4.69) is 221 Å². The van der Waals surface area contributed by atoms with Crippen LogP contribution in [0.4, 0.5) is 0 Å². The van der Waals surface area contributed by atoms with Crippen LogP contribution in [0, 0.1) is 0 Å². The number of benzene rings is 10. The number of nitrogens with zero attached hydrogens (tertiary/aromatic N) is 3. The molecule has 0 saturated heterocycles. The lowest BCUT2D eigenvalue weighted by Gasteiger charge is -2.11. The zero-order valence-electron chi connectivity index (χ0n) is 33.5. The highest BCUT2D eigenvalue weighted by Gasteiger charge is 2.23. The molecule has 10 aromatic carbocycles. The number of pyridine rings is 1. The van der Waals surface area contributed by atoms with Gasteiger partial charge in [0, 0.05) is 43.9 Å². The Balaban J connectivity index is 0.888. The molecule has 3 heteroatoms. The smallest absolute Gasteiger partial charge is 0.0722 e. The van der Waals surface area contributed by atoms with E-state index in [1.54, 1.807) is 0 Å². The number of para-hydroxylation sites is 2. The van der Waals surface area contributed by atoms with Crippen molar-refractivity contribution in [1.82, 2.24) is 14.1 Å². The predicted octanol–water partition coefficient (Wildman–Crippen LogP) is 15.7. The van der Waals surface area contributed by atoms with Gasteiger partial charge in [0.25, 0.3) is 0 Å². The Morgan fingerprint density at radius 3 is 1.77 bits per heavy atom. The van der Waals surface area contributed by atoms with Gasteiger partial charge in [-0.05, 0) is 134 Å². The molecule has 0 amide bonds. The third-order valence-corrected chi connectivity index (χ3v) is 13.4. The third kappa shape index (κ3) is 4.73. The molecule has 0 N–H and O–H groups in total. The van der Waals surface area contributed by atoms with Gasteiger partial charge in [-0.25, -0.2) is 4.98 Å². The van der Waals surface area contributed by atoms with Crippen LogP contribution in [-0.4, -0.2) is 14.1 Å². The first-order chi connectivity index (χ1) is 30.7. The molecule has 62 heavy (non-hydrogen) atoms. The lowest BCUT2D eigenvalue weighted by atomic mass is 9.99. The highest BCUT2D eigenvalue weighted by atomic mass is 15.0. The van der Waals surface area contributed by atoms with Crippen LogP contribution in [0.3, 0.4) is 0 Å². The molecule has 1 aliphatic rings. The van der Waals surface area contributed by atoms with E-state index in [1.165, 1.54) is 110 Å². The van der Waals surface area contributed by atoms with E-state index < -0.39 is 0 Å². The van der Waals surface area contributed by atoms with Crippen LogP contribution in [-0.2, 0) is 0 Å². The minimum Gasteiger partial charge on any atom is -0.309 e. The third-order valence-electron chi connectivity index (χ3n) is 13.4. The van der Waals surface area contributed by atoms with Crippen LogP contribution in [0.2, 0.25) is 0 Å². The highest BCUT2D eigenvalue weighted by Crippen LogP contribution is 2.48. The predicted molar refractivity (Wildman–Crippen MR) is 261 cm³/mol. The van der Waals surface area contributed by atoms with Gasteiger partial charge in [-0.15, -0.1) is 0 Å². The van der Waals surface area contributed by atoms with Gasteiger partial charge in [-0.1, -0.05) is 133 Å². The van der Waals surface area contributed by atoms with Crippen molar-refractivity contribution in [2.75, 3.05) is 0 Å². The lowest BCUT2D eigenvalue weighted by molar-refractivity contribution is 1.18. The van der Waals surface area contributed by atoms with Gasteiger partial charge in [0.2, 0.25) is 0 Å². The molecule has 0 aliphatic heterocycles. The summed E-state index contributed by atoms with van der Waals surface area (Å²) in [6.07, 6.45) is 0. The normalized spacial score (nSPS) is 12.2. The molecule has 3 aromatic heterocycles. The average molecular weight is 786 g/mol. The Morgan fingerprint density at radius 1 is 0.290 bits per heavy atom. The first-order valence-electron chi connectivity index (χ1n) is 21.4. The van der Waals surface area contributed by atoms with Crippen molar-refractivity contribution in [1.29, 1.82) is 0 Å². The molecule has 0 atom stereocenters. The summed E-state index contributed by atoms with van der Waals surface area (Å²) in [4.78, 5) is 5.20. The van der Waals surface area contributed by atoms with Crippen molar-refractivity contribution in [3.8, 4) is 56.0 Å². The molecule has 1 aliphatic carbocycles. The molecule has 0 fully saturated rings. The van der Waals surface area contributed by atoms with Crippen molar-refractivity contribution in [3.05, 3.63) is 212 Å². The number of hydrogen-bond acceptors (Lipinski definition) is 1. The summed E-state index contributed by atoms with van der Waals surface area (Å²) in [6, 6.07) is 77.9. The van der Waals surface area contributed by atoms with Crippen molar-refractivity contribution < 1.29 is 0 Å². The molecule has 0 bridgehead atoms. The Morgan fingerprint density at radius 2 is 0.903 bits per heavy atom. The summed E-state index contributed by atoms with van der Waals surface area (Å²) in [6.45, 7) is 0. The van der Waals surface area contributed by atoms with Crippen LogP contribution in [0.5, 0.6) is 0 Å². The second-order valence-corrected chi connectivity index (χ2v) is 16.7. The summed E-state index contributed by atoms with van der Waals surface area (Å²) in [5, 5.41) is 11.2. The van der Waals surface area contributed by atoms with Crippen molar-refractivity contribution in [2.45, 2.75) is 0 Å². The van der Waals surface area contributed by atoms with E-state index in [1.807, 2.05) is 0 Å². The SMILES string of the molecule is c1ccc(-n2c3ccc(-c4ccc5c(c4)c4ccccc4n5-c4ccc5cc(-c6cc7c8c(cccc8n6)-c6ccccc6-7)ccc5c4)cc3c3c4ccccc4ccc32)cc1. The topological polar surface area (TPSA) is 22.8 Å². The Kier molecular flexibility index (Phi) is 6.83. The van der Waals surface area contributed by atoms with E-state index in [-0.39, 0.29) is 0 Å². The summed E-state index contributed by atoms with van der Waals surface area (Å²) in [5.74, 6) is 0. The maximum Gasteiger partial charge on any atom is 0.0722 e. The van der Waals surface area contributed by atoms with Gasteiger partial charge < -0.3 is 9.13 Å². The standard InChI is InChI=1S/C59H35N3/c1-2-12-42(13-3-1)61-56-29-26-40(34-51(56)59-44-14-5-4-11-36(44)24-30-57(59)61)39-25-28-55-49(33-39)47-17-8-9-20-54(47)62(55)43-27-23-37-31-41(22-21-38(37)32-43)53-35-50-46-16-7-6-15-45(46)48-18-10-19-52(60-53)58(48)50/h1-35H. The Bertz CT molecular complexity index is 4040. The van der Waals surface area contributed by atoms with E-state index in [0.29, 0.717) is 0 Å². The molecular formula is C59H35N3. The summed E-state index contributed by atoms with van der Waals surface area (Å²) < 4.78 is 4.83. The summed E-state index contributed by atoms with van der Waals surface area (Å²) in [7, 11) is 0. The zero-order chi connectivity index (χ0) is 40.5. The van der Waals surface area contributed by atoms with Gasteiger partial charge in [0.15, 0.2) is 0 Å². The van der Waals surface area contributed by atoms with Gasteiger partial charge in [0.1, 0.15) is 0 Å². The number of fused-ring (bicyclic) bond motifs is 12. The van der Waals surface area contributed by atoms with E-state index >= 15 is 0 Å². The average Bonchev–Trinajstić information content (AvgIpc) is 3.97. The first-order valence-corrected chi connectivity index (χ1v) is 21.4. The fraction of sp³-hybridized carbons (Fsp3) is 0. The molecular weight excluding hydrogens is 751 g/mol. The van der Waals surface area contributed by atoms with Crippen molar-refractivity contribution >= 4 is 76.1 Å². The van der Waals surface area contributed by atoms with Crippen LogP contribution < -0.4 is 0 Å². The molecule has 286 valence electrons. The highest BCUT2D eigenvalue weighted by molar-refractivity contribution is 6.22. The molecule has 0 spiro atoms. The maximum absolute atomic E-state index is 5.20.